The van der Waals surface area contributed by atoms with Crippen LogP contribution >= 0.6 is 11.6 Å². The zero-order valence-corrected chi connectivity index (χ0v) is 14.6. The fourth-order valence-corrected chi connectivity index (χ4v) is 2.96. The Morgan fingerprint density at radius 2 is 2.04 bits per heavy atom. The fourth-order valence-electron chi connectivity index (χ4n) is 2.71. The van der Waals surface area contributed by atoms with Gasteiger partial charge in [-0.2, -0.15) is 0 Å². The first kappa shape index (κ1) is 16.5. The maximum Gasteiger partial charge on any atom is 0.248 e. The van der Waals surface area contributed by atoms with Crippen molar-refractivity contribution in [2.24, 2.45) is 0 Å². The highest BCUT2D eigenvalue weighted by Crippen LogP contribution is 2.32. The van der Waals surface area contributed by atoms with Gasteiger partial charge in [-0.1, -0.05) is 17.7 Å². The predicted molar refractivity (Wildman–Crippen MR) is 99.9 cm³/mol. The molecule has 2 aromatic heterocycles. The van der Waals surface area contributed by atoms with Crippen molar-refractivity contribution in [2.45, 2.75) is 6.42 Å². The van der Waals surface area contributed by atoms with Crippen molar-refractivity contribution in [1.29, 1.82) is 0 Å². The summed E-state index contributed by atoms with van der Waals surface area (Å²) in [5.74, 6) is 1.05. The van der Waals surface area contributed by atoms with Crippen LogP contribution in [-0.2, 0) is 4.79 Å². The first-order chi connectivity index (χ1) is 12.7. The van der Waals surface area contributed by atoms with Crippen molar-refractivity contribution >= 4 is 34.9 Å². The van der Waals surface area contributed by atoms with Crippen LogP contribution in [0.15, 0.2) is 48.7 Å². The number of hydrogen-bond acceptors (Lipinski definition) is 4. The van der Waals surface area contributed by atoms with E-state index in [1.165, 1.54) is 6.08 Å². The zero-order valence-electron chi connectivity index (χ0n) is 13.8. The zero-order chi connectivity index (χ0) is 17.9. The molecule has 7 heteroatoms. The summed E-state index contributed by atoms with van der Waals surface area (Å²) < 4.78 is 13.0. The van der Waals surface area contributed by atoms with Crippen LogP contribution in [0.5, 0.6) is 11.5 Å². The molecule has 0 bridgehead atoms. The Morgan fingerprint density at radius 3 is 2.92 bits per heavy atom. The van der Waals surface area contributed by atoms with Crippen molar-refractivity contribution < 1.29 is 14.3 Å². The lowest BCUT2D eigenvalue weighted by molar-refractivity contribution is -0.111. The van der Waals surface area contributed by atoms with Crippen molar-refractivity contribution in [3.63, 3.8) is 0 Å². The average molecular weight is 370 g/mol. The van der Waals surface area contributed by atoms with Crippen LogP contribution in [0.1, 0.15) is 12.1 Å². The van der Waals surface area contributed by atoms with E-state index in [1.54, 1.807) is 24.3 Å². The van der Waals surface area contributed by atoms with Gasteiger partial charge in [0, 0.05) is 30.4 Å². The van der Waals surface area contributed by atoms with Crippen LogP contribution in [0.2, 0.25) is 5.15 Å². The molecule has 0 unspecified atom stereocenters. The van der Waals surface area contributed by atoms with Crippen LogP contribution in [0.4, 0.5) is 5.69 Å². The van der Waals surface area contributed by atoms with Gasteiger partial charge in [-0.25, -0.2) is 4.98 Å². The molecule has 6 nitrogen and oxygen atoms in total. The lowest BCUT2D eigenvalue weighted by atomic mass is 10.2. The number of ether oxygens (including phenoxy) is 2. The molecule has 0 aliphatic carbocycles. The van der Waals surface area contributed by atoms with E-state index >= 15 is 0 Å². The Kier molecular flexibility index (Phi) is 4.50. The molecule has 1 aliphatic heterocycles. The lowest BCUT2D eigenvalue weighted by Crippen LogP contribution is -2.08. The molecular weight excluding hydrogens is 354 g/mol. The minimum atomic E-state index is -0.276. The van der Waals surface area contributed by atoms with E-state index in [9.17, 15) is 4.79 Å². The van der Waals surface area contributed by atoms with Gasteiger partial charge in [0.15, 0.2) is 16.7 Å². The highest BCUT2D eigenvalue weighted by Gasteiger charge is 2.12. The molecule has 3 aromatic rings. The smallest absolute Gasteiger partial charge is 0.248 e. The van der Waals surface area contributed by atoms with E-state index in [1.807, 2.05) is 28.8 Å². The van der Waals surface area contributed by atoms with Gasteiger partial charge in [-0.3, -0.25) is 9.20 Å². The van der Waals surface area contributed by atoms with Crippen LogP contribution in [0.3, 0.4) is 0 Å². The van der Waals surface area contributed by atoms with E-state index in [4.69, 9.17) is 21.1 Å². The average Bonchev–Trinajstić information content (AvgIpc) is 2.79. The first-order valence-electron chi connectivity index (χ1n) is 8.22. The minimum absolute atomic E-state index is 0.276. The number of pyridine rings is 1. The Labute approximate surface area is 155 Å². The molecule has 0 saturated carbocycles. The molecule has 0 atom stereocenters. The van der Waals surface area contributed by atoms with Crippen molar-refractivity contribution in [1.82, 2.24) is 9.38 Å². The van der Waals surface area contributed by atoms with Crippen molar-refractivity contribution in [3.8, 4) is 11.5 Å². The summed E-state index contributed by atoms with van der Waals surface area (Å²) >= 11 is 6.16. The Hall–Kier alpha value is -2.99. The second-order valence-electron chi connectivity index (χ2n) is 5.75. The van der Waals surface area contributed by atoms with Gasteiger partial charge in [-0.15, -0.1) is 0 Å². The van der Waals surface area contributed by atoms with Crippen LogP contribution < -0.4 is 14.8 Å². The predicted octanol–water partition coefficient (Wildman–Crippen LogP) is 3.80. The van der Waals surface area contributed by atoms with Gasteiger partial charge in [0.25, 0.3) is 0 Å². The lowest BCUT2D eigenvalue weighted by Gasteiger charge is -2.09. The number of fused-ring (bicyclic) bond motifs is 2. The number of amides is 1. The number of carbonyl (C=O) groups is 1. The number of hydrogen-bond donors (Lipinski definition) is 1. The molecule has 4 rings (SSSR count). The topological polar surface area (TPSA) is 64.9 Å². The van der Waals surface area contributed by atoms with Gasteiger partial charge in [0.2, 0.25) is 5.91 Å². The number of rotatable bonds is 3. The minimum Gasteiger partial charge on any atom is -0.490 e. The van der Waals surface area contributed by atoms with E-state index < -0.39 is 0 Å². The summed E-state index contributed by atoms with van der Waals surface area (Å²) in [6.07, 6.45) is 5.74. The van der Waals surface area contributed by atoms with Gasteiger partial charge in [0.05, 0.1) is 18.9 Å². The second kappa shape index (κ2) is 7.09. The molecule has 0 spiro atoms. The molecule has 1 aromatic carbocycles. The normalized spacial score (nSPS) is 13.7. The Bertz CT molecular complexity index is 997. The third kappa shape index (κ3) is 3.36. The van der Waals surface area contributed by atoms with Crippen molar-refractivity contribution in [3.05, 3.63) is 59.5 Å². The molecule has 26 heavy (non-hydrogen) atoms. The summed E-state index contributed by atoms with van der Waals surface area (Å²) in [5.41, 5.74) is 2.00. The molecule has 3 heterocycles. The first-order valence-corrected chi connectivity index (χ1v) is 8.60. The molecule has 1 aliphatic rings. The molecule has 0 saturated heterocycles. The highest BCUT2D eigenvalue weighted by atomic mass is 35.5. The number of anilines is 1. The van der Waals surface area contributed by atoms with Crippen LogP contribution in [0.25, 0.3) is 11.7 Å². The quantitative estimate of drug-likeness (QED) is 0.713. The molecule has 1 amide bonds. The van der Waals surface area contributed by atoms with Crippen molar-refractivity contribution in [2.75, 3.05) is 18.5 Å². The Balaban J connectivity index is 1.51. The third-order valence-corrected chi connectivity index (χ3v) is 4.21. The second-order valence-corrected chi connectivity index (χ2v) is 6.11. The van der Waals surface area contributed by atoms with E-state index in [0.717, 1.165) is 12.1 Å². The van der Waals surface area contributed by atoms with Gasteiger partial charge >= 0.3 is 0 Å². The summed E-state index contributed by atoms with van der Waals surface area (Å²) in [6.45, 7) is 1.22. The standard InChI is InChI=1S/C19H16ClN3O3/c20-19-14(23-9-2-1-4-17(23)22-19)6-8-18(24)21-13-5-7-15-16(12-13)26-11-3-10-25-15/h1-2,4-9,12H,3,10-11H2,(H,21,24)/b8-6+. The monoisotopic (exact) mass is 369 g/mol. The Morgan fingerprint density at radius 1 is 1.19 bits per heavy atom. The summed E-state index contributed by atoms with van der Waals surface area (Å²) in [4.78, 5) is 16.5. The number of halogens is 1. The fraction of sp³-hybridized carbons (Fsp3) is 0.158. The molecule has 132 valence electrons. The molecule has 0 fully saturated rings. The molecule has 0 radical (unpaired) electrons. The van der Waals surface area contributed by atoms with Crippen LogP contribution in [0, 0.1) is 0 Å². The van der Waals surface area contributed by atoms with E-state index in [2.05, 4.69) is 10.3 Å². The maximum atomic E-state index is 12.2. The van der Waals surface area contributed by atoms with Crippen LogP contribution in [-0.4, -0.2) is 28.5 Å². The maximum absolute atomic E-state index is 12.2. The van der Waals surface area contributed by atoms with Gasteiger partial charge < -0.3 is 14.8 Å². The largest absolute Gasteiger partial charge is 0.490 e. The number of benzene rings is 1. The molecule has 1 N–H and O–H groups in total. The number of aromatic nitrogens is 2. The SMILES string of the molecule is O=C(/C=C/c1c(Cl)nc2ccccn12)Nc1ccc2c(c1)OCCCO2. The number of nitrogens with zero attached hydrogens (tertiary/aromatic N) is 2. The van der Waals surface area contributed by atoms with Gasteiger partial charge in [0.1, 0.15) is 5.65 Å². The van der Waals surface area contributed by atoms with E-state index in [-0.39, 0.29) is 5.91 Å². The summed E-state index contributed by atoms with van der Waals surface area (Å²) in [7, 11) is 0. The summed E-state index contributed by atoms with van der Waals surface area (Å²) in [5, 5.41) is 3.15. The molecular formula is C19H16ClN3O3. The highest BCUT2D eigenvalue weighted by molar-refractivity contribution is 6.31. The summed E-state index contributed by atoms with van der Waals surface area (Å²) in [6, 6.07) is 10.9. The number of imidazole rings is 1. The van der Waals surface area contributed by atoms with E-state index in [0.29, 0.717) is 41.2 Å². The number of carbonyl (C=O) groups excluding carboxylic acids is 1. The third-order valence-electron chi connectivity index (χ3n) is 3.93. The van der Waals surface area contributed by atoms with Gasteiger partial charge in [-0.05, 0) is 30.3 Å². The number of nitrogens with one attached hydrogen (secondary N) is 1.